The number of nitrogens with zero attached hydrogens (tertiary/aromatic N) is 1. The van der Waals surface area contributed by atoms with Gasteiger partial charge in [-0.15, -0.1) is 0 Å². The van der Waals surface area contributed by atoms with Crippen molar-refractivity contribution in [2.45, 2.75) is 0 Å². The van der Waals surface area contributed by atoms with E-state index in [0.717, 1.165) is 5.69 Å². The molecule has 0 heterocycles. The molecule has 0 spiro atoms. The minimum Gasteiger partial charge on any atom is -0.378 e. The predicted molar refractivity (Wildman–Crippen MR) is 46.1 cm³/mol. The molecule has 0 saturated heterocycles. The lowest BCUT2D eigenvalue weighted by Gasteiger charge is -2.12. The lowest BCUT2D eigenvalue weighted by molar-refractivity contribution is 0.629. The van der Waals surface area contributed by atoms with E-state index < -0.39 is 0 Å². The van der Waals surface area contributed by atoms with Crippen LogP contribution in [0.1, 0.15) is 0 Å². The molecule has 1 aromatic carbocycles. The number of halogens is 1. The van der Waals surface area contributed by atoms with Crippen LogP contribution < -0.4 is 10.4 Å². The summed E-state index contributed by atoms with van der Waals surface area (Å²) in [6.07, 6.45) is 0. The number of anilines is 1. The fourth-order valence-electron chi connectivity index (χ4n) is 0.854. The zero-order valence-electron chi connectivity index (χ0n) is 6.63. The molecule has 0 aliphatic rings. The number of hydrogen-bond donors (Lipinski definition) is 0. The quantitative estimate of drug-likeness (QED) is 0.531. The van der Waals surface area contributed by atoms with Crippen molar-refractivity contribution in [3.05, 3.63) is 24.0 Å². The Kier molecular flexibility index (Phi) is 2.18. The summed E-state index contributed by atoms with van der Waals surface area (Å²) >= 11 is 0. The smallest absolute Gasteiger partial charge is 0.124 e. The molecule has 0 bridgehead atoms. The van der Waals surface area contributed by atoms with Crippen molar-refractivity contribution in [1.29, 1.82) is 0 Å². The minimum absolute atomic E-state index is 0.297. The first kappa shape index (κ1) is 8.11. The van der Waals surface area contributed by atoms with Crippen molar-refractivity contribution in [3.8, 4) is 0 Å². The van der Waals surface area contributed by atoms with E-state index in [-0.39, 0.29) is 5.82 Å². The highest BCUT2D eigenvalue weighted by molar-refractivity contribution is 6.32. The maximum absolute atomic E-state index is 12.7. The molecule has 0 unspecified atom stereocenters. The fourth-order valence-corrected chi connectivity index (χ4v) is 0.854. The Hall–Kier alpha value is -0.985. The predicted octanol–water partition coefficient (Wildman–Crippen LogP) is 0.685. The monoisotopic (exact) mass is 149 g/mol. The van der Waals surface area contributed by atoms with E-state index in [1.54, 1.807) is 11.0 Å². The summed E-state index contributed by atoms with van der Waals surface area (Å²) in [6, 6.07) is 4.46. The van der Waals surface area contributed by atoms with Gasteiger partial charge in [-0.3, -0.25) is 0 Å². The average molecular weight is 149 g/mol. The van der Waals surface area contributed by atoms with Gasteiger partial charge in [0.15, 0.2) is 0 Å². The van der Waals surface area contributed by atoms with Gasteiger partial charge in [0.2, 0.25) is 0 Å². The molecular weight excluding hydrogens is 140 g/mol. The lowest BCUT2D eigenvalue weighted by atomic mass is 9.95. The number of hydrogen-bond acceptors (Lipinski definition) is 1. The Balaban J connectivity index is 3.08. The average Bonchev–Trinajstić information content (AvgIpc) is 1.85. The van der Waals surface area contributed by atoms with Crippen LogP contribution in [0.4, 0.5) is 10.1 Å². The van der Waals surface area contributed by atoms with Gasteiger partial charge in [-0.2, -0.15) is 0 Å². The van der Waals surface area contributed by atoms with Crippen LogP contribution in [0.3, 0.4) is 0 Å². The molecular formula is C8H9BFN. The molecule has 0 fully saturated rings. The summed E-state index contributed by atoms with van der Waals surface area (Å²) < 4.78 is 12.7. The van der Waals surface area contributed by atoms with Gasteiger partial charge in [0.25, 0.3) is 0 Å². The fraction of sp³-hybridized carbons (Fsp3) is 0.250. The molecule has 0 aromatic heterocycles. The van der Waals surface area contributed by atoms with Gasteiger partial charge in [0.1, 0.15) is 13.7 Å². The van der Waals surface area contributed by atoms with Gasteiger partial charge in [0, 0.05) is 19.8 Å². The summed E-state index contributed by atoms with van der Waals surface area (Å²) in [6.45, 7) is 0. The van der Waals surface area contributed by atoms with Crippen LogP contribution in [0.2, 0.25) is 0 Å². The summed E-state index contributed by atoms with van der Waals surface area (Å²) in [5, 5.41) is 0. The SMILES string of the molecule is [B]c1cc(F)cc(N(C)C)c1. The Morgan fingerprint density at radius 1 is 1.27 bits per heavy atom. The largest absolute Gasteiger partial charge is 0.378 e. The molecule has 1 rings (SSSR count). The van der Waals surface area contributed by atoms with Crippen molar-refractivity contribution in [1.82, 2.24) is 0 Å². The van der Waals surface area contributed by atoms with E-state index >= 15 is 0 Å². The summed E-state index contributed by atoms with van der Waals surface area (Å²) in [5.74, 6) is -0.297. The minimum atomic E-state index is -0.297. The van der Waals surface area contributed by atoms with Gasteiger partial charge in [-0.25, -0.2) is 4.39 Å². The van der Waals surface area contributed by atoms with Gasteiger partial charge in [-0.05, 0) is 18.2 Å². The first-order valence-corrected chi connectivity index (χ1v) is 3.33. The molecule has 1 nitrogen and oxygen atoms in total. The first-order chi connectivity index (χ1) is 5.09. The highest BCUT2D eigenvalue weighted by Crippen LogP contribution is 2.09. The highest BCUT2D eigenvalue weighted by Gasteiger charge is 1.97. The molecule has 56 valence electrons. The van der Waals surface area contributed by atoms with Gasteiger partial charge < -0.3 is 4.90 Å². The highest BCUT2D eigenvalue weighted by atomic mass is 19.1. The number of benzene rings is 1. The zero-order chi connectivity index (χ0) is 8.43. The third kappa shape index (κ3) is 1.97. The Morgan fingerprint density at radius 2 is 1.91 bits per heavy atom. The van der Waals surface area contributed by atoms with Gasteiger partial charge in [0.05, 0.1) is 0 Å². The van der Waals surface area contributed by atoms with Gasteiger partial charge in [-0.1, -0.05) is 5.46 Å². The molecule has 3 heteroatoms. The van der Waals surface area contributed by atoms with E-state index in [0.29, 0.717) is 5.46 Å². The summed E-state index contributed by atoms with van der Waals surface area (Å²) in [5.41, 5.74) is 1.23. The Morgan fingerprint density at radius 3 is 2.36 bits per heavy atom. The van der Waals surface area contributed by atoms with E-state index in [1.807, 2.05) is 14.1 Å². The molecule has 0 atom stereocenters. The van der Waals surface area contributed by atoms with Crippen LogP contribution in [-0.4, -0.2) is 21.9 Å². The molecule has 2 radical (unpaired) electrons. The summed E-state index contributed by atoms with van der Waals surface area (Å²) in [4.78, 5) is 1.80. The van der Waals surface area contributed by atoms with Crippen LogP contribution in [-0.2, 0) is 0 Å². The second-order valence-electron chi connectivity index (χ2n) is 2.64. The first-order valence-electron chi connectivity index (χ1n) is 3.33. The molecule has 11 heavy (non-hydrogen) atoms. The molecule has 0 amide bonds. The number of rotatable bonds is 1. The second kappa shape index (κ2) is 2.95. The maximum atomic E-state index is 12.7. The van der Waals surface area contributed by atoms with Crippen molar-refractivity contribution >= 4 is 19.0 Å². The van der Waals surface area contributed by atoms with Crippen molar-refractivity contribution in [2.75, 3.05) is 19.0 Å². The topological polar surface area (TPSA) is 3.24 Å². The normalized spacial score (nSPS) is 9.73. The van der Waals surface area contributed by atoms with Crippen LogP contribution in [0, 0.1) is 5.82 Å². The van der Waals surface area contributed by atoms with Gasteiger partial charge >= 0.3 is 0 Å². The Labute approximate surface area is 67.2 Å². The third-order valence-corrected chi connectivity index (χ3v) is 1.42. The second-order valence-corrected chi connectivity index (χ2v) is 2.64. The molecule has 0 aliphatic heterocycles. The summed E-state index contributed by atoms with van der Waals surface area (Å²) in [7, 11) is 9.11. The van der Waals surface area contributed by atoms with Crippen LogP contribution in [0.15, 0.2) is 18.2 Å². The van der Waals surface area contributed by atoms with E-state index in [9.17, 15) is 4.39 Å². The van der Waals surface area contributed by atoms with Crippen molar-refractivity contribution in [2.24, 2.45) is 0 Å². The van der Waals surface area contributed by atoms with Crippen molar-refractivity contribution in [3.63, 3.8) is 0 Å². The lowest BCUT2D eigenvalue weighted by Crippen LogP contribution is -2.13. The molecule has 0 N–H and O–H groups in total. The van der Waals surface area contributed by atoms with E-state index in [2.05, 4.69) is 0 Å². The third-order valence-electron chi connectivity index (χ3n) is 1.42. The molecule has 0 saturated carbocycles. The Bertz CT molecular complexity index is 240. The molecule has 1 aromatic rings. The van der Waals surface area contributed by atoms with Crippen LogP contribution in [0.25, 0.3) is 0 Å². The van der Waals surface area contributed by atoms with E-state index in [4.69, 9.17) is 7.85 Å². The molecule has 0 aliphatic carbocycles. The zero-order valence-corrected chi connectivity index (χ0v) is 6.63. The van der Waals surface area contributed by atoms with Crippen LogP contribution >= 0.6 is 0 Å². The van der Waals surface area contributed by atoms with Crippen LogP contribution in [0.5, 0.6) is 0 Å². The standard InChI is InChI=1S/C8H9BFN/c1-11(2)8-4-6(9)3-7(10)5-8/h3-5H,1-2H3. The maximum Gasteiger partial charge on any atom is 0.124 e. The van der Waals surface area contributed by atoms with E-state index in [1.165, 1.54) is 12.1 Å². The van der Waals surface area contributed by atoms with Crippen molar-refractivity contribution < 1.29 is 4.39 Å².